The summed E-state index contributed by atoms with van der Waals surface area (Å²) >= 11 is 0. The molecular formula is C8H9N3O3. The molecule has 0 atom stereocenters. The Hall–Kier alpha value is -2.11. The molecule has 0 unspecified atom stereocenters. The third kappa shape index (κ3) is 2.19. The third-order valence-electron chi connectivity index (χ3n) is 1.63. The lowest BCUT2D eigenvalue weighted by molar-refractivity contribution is -0.385. The zero-order chi connectivity index (χ0) is 10.7. The van der Waals surface area contributed by atoms with E-state index in [9.17, 15) is 10.1 Å². The van der Waals surface area contributed by atoms with Gasteiger partial charge in [0.25, 0.3) is 0 Å². The molecule has 6 heteroatoms. The van der Waals surface area contributed by atoms with Crippen molar-refractivity contribution in [3.63, 3.8) is 0 Å². The van der Waals surface area contributed by atoms with Crippen LogP contribution in [0.15, 0.2) is 18.2 Å². The van der Waals surface area contributed by atoms with Crippen molar-refractivity contribution in [3.8, 4) is 5.75 Å². The van der Waals surface area contributed by atoms with Gasteiger partial charge in [0.2, 0.25) is 0 Å². The van der Waals surface area contributed by atoms with Gasteiger partial charge < -0.3 is 10.8 Å². The van der Waals surface area contributed by atoms with Crippen LogP contribution in [-0.4, -0.2) is 15.9 Å². The monoisotopic (exact) mass is 195 g/mol. The Morgan fingerprint density at radius 1 is 1.64 bits per heavy atom. The van der Waals surface area contributed by atoms with Crippen molar-refractivity contribution in [2.45, 2.75) is 6.42 Å². The molecule has 0 bridgehead atoms. The number of hydrogen-bond acceptors (Lipinski definition) is 4. The molecular weight excluding hydrogens is 186 g/mol. The Morgan fingerprint density at radius 2 is 2.29 bits per heavy atom. The van der Waals surface area contributed by atoms with Crippen molar-refractivity contribution in [2.75, 3.05) is 0 Å². The van der Waals surface area contributed by atoms with E-state index in [0.29, 0.717) is 5.56 Å². The molecule has 0 radical (unpaired) electrons. The highest BCUT2D eigenvalue weighted by atomic mass is 16.6. The second kappa shape index (κ2) is 3.73. The molecule has 0 fully saturated rings. The van der Waals surface area contributed by atoms with Gasteiger partial charge in [-0.2, -0.15) is 0 Å². The lowest BCUT2D eigenvalue weighted by atomic mass is 10.1. The summed E-state index contributed by atoms with van der Waals surface area (Å²) in [6.45, 7) is 0. The number of rotatable bonds is 3. The van der Waals surface area contributed by atoms with Crippen molar-refractivity contribution >= 4 is 11.5 Å². The highest BCUT2D eigenvalue weighted by Crippen LogP contribution is 2.26. The SMILES string of the molecule is N=C(N)Cc1ccc(O)c([N+](=O)[O-])c1. The molecule has 0 spiro atoms. The van der Waals surface area contributed by atoms with Gasteiger partial charge in [-0.25, -0.2) is 0 Å². The minimum absolute atomic E-state index is 0.0787. The van der Waals surface area contributed by atoms with Crippen LogP contribution >= 0.6 is 0 Å². The maximum Gasteiger partial charge on any atom is 0.310 e. The molecule has 0 aliphatic heterocycles. The molecule has 14 heavy (non-hydrogen) atoms. The molecule has 0 saturated heterocycles. The average Bonchev–Trinajstić information content (AvgIpc) is 2.07. The number of aromatic hydroxyl groups is 1. The summed E-state index contributed by atoms with van der Waals surface area (Å²) in [5.74, 6) is -0.465. The number of amidine groups is 1. The largest absolute Gasteiger partial charge is 0.502 e. The second-order valence-corrected chi connectivity index (χ2v) is 2.78. The summed E-state index contributed by atoms with van der Waals surface area (Å²) < 4.78 is 0. The van der Waals surface area contributed by atoms with Crippen LogP contribution in [0.3, 0.4) is 0 Å². The maximum absolute atomic E-state index is 10.4. The van der Waals surface area contributed by atoms with E-state index >= 15 is 0 Å². The number of nitrogens with zero attached hydrogens (tertiary/aromatic N) is 1. The molecule has 6 nitrogen and oxygen atoms in total. The van der Waals surface area contributed by atoms with Crippen molar-refractivity contribution in [2.24, 2.45) is 5.73 Å². The van der Waals surface area contributed by atoms with Gasteiger partial charge in [-0.3, -0.25) is 15.5 Å². The van der Waals surface area contributed by atoms with Gasteiger partial charge >= 0.3 is 5.69 Å². The van der Waals surface area contributed by atoms with Crippen LogP contribution in [-0.2, 0) is 6.42 Å². The normalized spacial score (nSPS) is 9.71. The quantitative estimate of drug-likeness (QED) is 0.286. The summed E-state index contributed by atoms with van der Waals surface area (Å²) in [4.78, 5) is 9.74. The predicted molar refractivity (Wildman–Crippen MR) is 50.4 cm³/mol. The van der Waals surface area contributed by atoms with Crippen LogP contribution in [0.2, 0.25) is 0 Å². The van der Waals surface area contributed by atoms with E-state index in [4.69, 9.17) is 16.2 Å². The Labute approximate surface area is 79.6 Å². The average molecular weight is 195 g/mol. The van der Waals surface area contributed by atoms with Gasteiger partial charge in [0.15, 0.2) is 5.75 Å². The van der Waals surface area contributed by atoms with Crippen molar-refractivity contribution in [3.05, 3.63) is 33.9 Å². The summed E-state index contributed by atoms with van der Waals surface area (Å²) in [6.07, 6.45) is 0.140. The molecule has 1 aromatic rings. The fourth-order valence-corrected chi connectivity index (χ4v) is 1.05. The van der Waals surface area contributed by atoms with Gasteiger partial charge in [0, 0.05) is 12.5 Å². The molecule has 0 aromatic heterocycles. The van der Waals surface area contributed by atoms with E-state index in [0.717, 1.165) is 0 Å². The van der Waals surface area contributed by atoms with Gasteiger partial charge in [0.05, 0.1) is 10.8 Å². The fraction of sp³-hybridized carbons (Fsp3) is 0.125. The number of nitrogens with two attached hydrogens (primary N) is 1. The van der Waals surface area contributed by atoms with Crippen molar-refractivity contribution in [1.82, 2.24) is 0 Å². The van der Waals surface area contributed by atoms with Crippen molar-refractivity contribution in [1.29, 1.82) is 5.41 Å². The molecule has 4 N–H and O–H groups in total. The molecule has 1 aromatic carbocycles. The van der Waals surface area contributed by atoms with E-state index in [1.54, 1.807) is 0 Å². The first-order valence-corrected chi connectivity index (χ1v) is 3.80. The van der Waals surface area contributed by atoms with E-state index < -0.39 is 4.92 Å². The van der Waals surface area contributed by atoms with Crippen LogP contribution in [0.1, 0.15) is 5.56 Å². The Bertz CT molecular complexity index is 389. The predicted octanol–water partition coefficient (Wildman–Crippen LogP) is 0.779. The number of benzene rings is 1. The van der Waals surface area contributed by atoms with E-state index in [2.05, 4.69) is 0 Å². The summed E-state index contributed by atoms with van der Waals surface area (Å²) in [7, 11) is 0. The minimum atomic E-state index is -0.682. The van der Waals surface area contributed by atoms with Crippen LogP contribution in [0.4, 0.5) is 5.69 Å². The number of nitro groups is 1. The topological polar surface area (TPSA) is 113 Å². The molecule has 0 amide bonds. The lowest BCUT2D eigenvalue weighted by Gasteiger charge is -2.00. The number of phenolic OH excluding ortho intramolecular Hbond substituents is 1. The molecule has 0 heterocycles. The molecule has 74 valence electrons. The van der Waals surface area contributed by atoms with Gasteiger partial charge in [-0.05, 0) is 11.6 Å². The highest BCUT2D eigenvalue weighted by molar-refractivity contribution is 5.79. The maximum atomic E-state index is 10.4. The molecule has 0 saturated carbocycles. The summed E-state index contributed by atoms with van der Waals surface area (Å²) in [6, 6.07) is 3.91. The first kappa shape index (κ1) is 9.97. The second-order valence-electron chi connectivity index (χ2n) is 2.78. The standard InChI is InChI=1S/C8H9N3O3/c9-8(10)4-5-1-2-7(12)6(3-5)11(13)14/h1-3,12H,4H2,(H3,9,10). The molecule has 0 aliphatic rings. The Morgan fingerprint density at radius 3 is 2.79 bits per heavy atom. The number of nitro benzene ring substituents is 1. The van der Waals surface area contributed by atoms with Gasteiger partial charge in [-0.15, -0.1) is 0 Å². The first-order chi connectivity index (χ1) is 6.50. The first-order valence-electron chi connectivity index (χ1n) is 3.80. The number of phenols is 1. The van der Waals surface area contributed by atoms with Gasteiger partial charge in [0.1, 0.15) is 0 Å². The third-order valence-corrected chi connectivity index (χ3v) is 1.63. The summed E-state index contributed by atoms with van der Waals surface area (Å²) in [5, 5.41) is 26.5. The minimum Gasteiger partial charge on any atom is -0.502 e. The van der Waals surface area contributed by atoms with Crippen LogP contribution in [0, 0.1) is 15.5 Å². The molecule has 1 rings (SSSR count). The van der Waals surface area contributed by atoms with E-state index in [-0.39, 0.29) is 23.7 Å². The van der Waals surface area contributed by atoms with Crippen LogP contribution < -0.4 is 5.73 Å². The Kier molecular flexibility index (Phi) is 2.66. The van der Waals surface area contributed by atoms with Crippen LogP contribution in [0.25, 0.3) is 0 Å². The fourth-order valence-electron chi connectivity index (χ4n) is 1.05. The van der Waals surface area contributed by atoms with Crippen LogP contribution in [0.5, 0.6) is 5.75 Å². The Balaban J connectivity index is 3.06. The van der Waals surface area contributed by atoms with E-state index in [1.165, 1.54) is 18.2 Å². The van der Waals surface area contributed by atoms with Crippen molar-refractivity contribution < 1.29 is 10.0 Å². The molecule has 0 aliphatic carbocycles. The number of hydrogen-bond donors (Lipinski definition) is 3. The smallest absolute Gasteiger partial charge is 0.310 e. The highest BCUT2D eigenvalue weighted by Gasteiger charge is 2.13. The lowest BCUT2D eigenvalue weighted by Crippen LogP contribution is -2.12. The zero-order valence-corrected chi connectivity index (χ0v) is 7.23. The van der Waals surface area contributed by atoms with Gasteiger partial charge in [-0.1, -0.05) is 6.07 Å². The zero-order valence-electron chi connectivity index (χ0n) is 7.23. The summed E-state index contributed by atoms with van der Waals surface area (Å²) in [5.41, 5.74) is 5.30. The number of nitrogens with one attached hydrogen (secondary N) is 1. The van der Waals surface area contributed by atoms with E-state index in [1.807, 2.05) is 0 Å².